The van der Waals surface area contributed by atoms with Crippen LogP contribution in [0.2, 0.25) is 5.02 Å². The van der Waals surface area contributed by atoms with E-state index >= 15 is 0 Å². The van der Waals surface area contributed by atoms with Gasteiger partial charge in [-0.15, -0.1) is 0 Å². The summed E-state index contributed by atoms with van der Waals surface area (Å²) in [7, 11) is 0. The standard InChI is InChI=1S/C21H25ClN2O3/c22-17-8-6-16(7-9-17)21(12-4-5-13-21)19(26)27-14-18(25)24-20(15-23)10-2-1-3-11-20/h6-9H,1-5,10-14H2,(H,24,25). The second kappa shape index (κ2) is 8.31. The Kier molecular flexibility index (Phi) is 6.06. The molecule has 1 aromatic carbocycles. The van der Waals surface area contributed by atoms with Gasteiger partial charge in [-0.25, -0.2) is 0 Å². The second-order valence-corrected chi connectivity index (χ2v) is 8.11. The van der Waals surface area contributed by atoms with Crippen LogP contribution in [0.5, 0.6) is 0 Å². The average molecular weight is 389 g/mol. The van der Waals surface area contributed by atoms with Crippen LogP contribution in [0, 0.1) is 11.3 Å². The van der Waals surface area contributed by atoms with Crippen molar-refractivity contribution in [1.82, 2.24) is 5.32 Å². The van der Waals surface area contributed by atoms with Crippen molar-refractivity contribution in [2.45, 2.75) is 68.7 Å². The molecule has 6 heteroatoms. The Morgan fingerprint density at radius 2 is 1.63 bits per heavy atom. The van der Waals surface area contributed by atoms with E-state index in [1.165, 1.54) is 0 Å². The largest absolute Gasteiger partial charge is 0.455 e. The maximum absolute atomic E-state index is 12.9. The van der Waals surface area contributed by atoms with Gasteiger partial charge in [-0.3, -0.25) is 9.59 Å². The number of hydrogen-bond donors (Lipinski definition) is 1. The van der Waals surface area contributed by atoms with Gasteiger partial charge in [0.1, 0.15) is 5.54 Å². The lowest BCUT2D eigenvalue weighted by atomic mass is 9.79. The summed E-state index contributed by atoms with van der Waals surface area (Å²) in [5, 5.41) is 12.9. The maximum atomic E-state index is 12.9. The zero-order chi connectivity index (χ0) is 19.3. The topological polar surface area (TPSA) is 79.2 Å². The molecule has 2 aliphatic carbocycles. The lowest BCUT2D eigenvalue weighted by Crippen LogP contribution is -2.50. The summed E-state index contributed by atoms with van der Waals surface area (Å²) in [5.41, 5.74) is -0.637. The molecular formula is C21H25ClN2O3. The first-order valence-corrected chi connectivity index (χ1v) is 10.0. The van der Waals surface area contributed by atoms with E-state index in [1.807, 2.05) is 12.1 Å². The van der Waals surface area contributed by atoms with Crippen LogP contribution in [0.15, 0.2) is 24.3 Å². The molecule has 0 atom stereocenters. The molecule has 2 saturated carbocycles. The molecule has 144 valence electrons. The Balaban J connectivity index is 1.64. The van der Waals surface area contributed by atoms with Crippen molar-refractivity contribution in [2.75, 3.05) is 6.61 Å². The Hall–Kier alpha value is -2.06. The van der Waals surface area contributed by atoms with E-state index in [0.29, 0.717) is 30.7 Å². The van der Waals surface area contributed by atoms with E-state index in [-0.39, 0.29) is 12.6 Å². The summed E-state index contributed by atoms with van der Waals surface area (Å²) < 4.78 is 5.41. The van der Waals surface area contributed by atoms with Crippen molar-refractivity contribution in [2.24, 2.45) is 0 Å². The Morgan fingerprint density at radius 3 is 2.22 bits per heavy atom. The number of ether oxygens (including phenoxy) is 1. The van der Waals surface area contributed by atoms with Crippen LogP contribution in [0.4, 0.5) is 0 Å². The van der Waals surface area contributed by atoms with Gasteiger partial charge in [0.05, 0.1) is 11.5 Å². The summed E-state index contributed by atoms with van der Waals surface area (Å²) in [6.07, 6.45) is 7.53. The van der Waals surface area contributed by atoms with Gasteiger partial charge < -0.3 is 10.1 Å². The van der Waals surface area contributed by atoms with E-state index in [9.17, 15) is 14.9 Å². The summed E-state index contributed by atoms with van der Waals surface area (Å²) in [5.74, 6) is -0.775. The van der Waals surface area contributed by atoms with Gasteiger partial charge in [-0.2, -0.15) is 5.26 Å². The van der Waals surface area contributed by atoms with E-state index in [1.54, 1.807) is 12.1 Å². The predicted molar refractivity (Wildman–Crippen MR) is 102 cm³/mol. The zero-order valence-corrected chi connectivity index (χ0v) is 16.2. The molecule has 5 nitrogen and oxygen atoms in total. The number of nitriles is 1. The molecular weight excluding hydrogens is 364 g/mol. The van der Waals surface area contributed by atoms with Crippen LogP contribution in [-0.2, 0) is 19.7 Å². The maximum Gasteiger partial charge on any atom is 0.317 e. The number of carbonyl (C=O) groups is 2. The van der Waals surface area contributed by atoms with Crippen LogP contribution >= 0.6 is 11.6 Å². The molecule has 1 aromatic rings. The minimum atomic E-state index is -0.817. The third kappa shape index (κ3) is 4.27. The number of nitrogens with zero attached hydrogens (tertiary/aromatic N) is 1. The quantitative estimate of drug-likeness (QED) is 0.772. The normalized spacial score (nSPS) is 20.4. The molecule has 3 rings (SSSR count). The minimum Gasteiger partial charge on any atom is -0.455 e. The summed E-state index contributed by atoms with van der Waals surface area (Å²) in [6, 6.07) is 9.52. The molecule has 0 aromatic heterocycles. The number of benzene rings is 1. The van der Waals surface area contributed by atoms with E-state index in [2.05, 4.69) is 11.4 Å². The van der Waals surface area contributed by atoms with Gasteiger partial charge in [-0.1, -0.05) is 55.8 Å². The van der Waals surface area contributed by atoms with Crippen molar-refractivity contribution < 1.29 is 14.3 Å². The highest BCUT2D eigenvalue weighted by Gasteiger charge is 2.44. The molecule has 2 aliphatic rings. The molecule has 27 heavy (non-hydrogen) atoms. The van der Waals surface area contributed by atoms with Crippen LogP contribution in [0.3, 0.4) is 0 Å². The van der Waals surface area contributed by atoms with Gasteiger partial charge in [0, 0.05) is 5.02 Å². The van der Waals surface area contributed by atoms with Crippen LogP contribution in [0.1, 0.15) is 63.4 Å². The van der Waals surface area contributed by atoms with Crippen LogP contribution in [0.25, 0.3) is 0 Å². The number of esters is 1. The number of amides is 1. The fourth-order valence-electron chi connectivity index (χ4n) is 4.35. The zero-order valence-electron chi connectivity index (χ0n) is 15.4. The number of rotatable bonds is 5. The van der Waals surface area contributed by atoms with Crippen molar-refractivity contribution in [3.05, 3.63) is 34.9 Å². The molecule has 0 bridgehead atoms. The molecule has 0 heterocycles. The SMILES string of the molecule is N#CC1(NC(=O)COC(=O)C2(c3ccc(Cl)cc3)CCCC2)CCCCC1. The predicted octanol–water partition coefficient (Wildman–Crippen LogP) is 4.04. The minimum absolute atomic E-state index is 0.350. The lowest BCUT2D eigenvalue weighted by molar-refractivity contribution is -0.154. The van der Waals surface area contributed by atoms with Crippen molar-refractivity contribution in [3.63, 3.8) is 0 Å². The van der Waals surface area contributed by atoms with Gasteiger partial charge in [0.25, 0.3) is 5.91 Å². The number of hydrogen-bond acceptors (Lipinski definition) is 4. The number of carbonyl (C=O) groups excluding carboxylic acids is 2. The second-order valence-electron chi connectivity index (χ2n) is 7.67. The first-order chi connectivity index (χ1) is 13.0. The highest BCUT2D eigenvalue weighted by molar-refractivity contribution is 6.30. The van der Waals surface area contributed by atoms with Crippen molar-refractivity contribution in [3.8, 4) is 6.07 Å². The third-order valence-electron chi connectivity index (χ3n) is 5.88. The Morgan fingerprint density at radius 1 is 1.04 bits per heavy atom. The van der Waals surface area contributed by atoms with Gasteiger partial charge >= 0.3 is 5.97 Å². The van der Waals surface area contributed by atoms with Gasteiger partial charge in [-0.05, 0) is 43.4 Å². The summed E-state index contributed by atoms with van der Waals surface area (Å²) in [4.78, 5) is 25.2. The first kappa shape index (κ1) is 19.7. The summed E-state index contributed by atoms with van der Waals surface area (Å²) >= 11 is 5.97. The van der Waals surface area contributed by atoms with Gasteiger partial charge in [0.15, 0.2) is 6.61 Å². The smallest absolute Gasteiger partial charge is 0.317 e. The molecule has 1 amide bonds. The Labute approximate surface area is 165 Å². The van der Waals surface area contributed by atoms with Crippen LogP contribution in [-0.4, -0.2) is 24.0 Å². The fourth-order valence-corrected chi connectivity index (χ4v) is 4.48. The fraction of sp³-hybridized carbons (Fsp3) is 0.571. The van der Waals surface area contributed by atoms with E-state index < -0.39 is 16.9 Å². The Bertz CT molecular complexity index is 727. The van der Waals surface area contributed by atoms with Crippen molar-refractivity contribution in [1.29, 1.82) is 5.26 Å². The van der Waals surface area contributed by atoms with E-state index in [0.717, 1.165) is 37.7 Å². The first-order valence-electron chi connectivity index (χ1n) is 9.65. The summed E-state index contributed by atoms with van der Waals surface area (Å²) in [6.45, 7) is -0.350. The lowest BCUT2D eigenvalue weighted by Gasteiger charge is -2.32. The third-order valence-corrected chi connectivity index (χ3v) is 6.13. The number of nitrogens with one attached hydrogen (secondary N) is 1. The van der Waals surface area contributed by atoms with Crippen LogP contribution < -0.4 is 5.32 Å². The molecule has 1 N–H and O–H groups in total. The van der Waals surface area contributed by atoms with Crippen molar-refractivity contribution >= 4 is 23.5 Å². The molecule has 0 saturated heterocycles. The van der Waals surface area contributed by atoms with Gasteiger partial charge in [0.2, 0.25) is 0 Å². The molecule has 0 unspecified atom stereocenters. The highest BCUT2D eigenvalue weighted by atomic mass is 35.5. The monoisotopic (exact) mass is 388 g/mol. The highest BCUT2D eigenvalue weighted by Crippen LogP contribution is 2.42. The molecule has 0 spiro atoms. The average Bonchev–Trinajstić information content (AvgIpc) is 3.18. The number of halogens is 1. The molecule has 0 radical (unpaired) electrons. The molecule has 2 fully saturated rings. The van der Waals surface area contributed by atoms with E-state index in [4.69, 9.17) is 16.3 Å². The molecule has 0 aliphatic heterocycles.